The van der Waals surface area contributed by atoms with Crippen LogP contribution in [0.15, 0.2) is 23.1 Å². The Kier molecular flexibility index (Phi) is 4.19. The SMILES string of the molecule is C[C@@H](NC(=O)Cn1cc([N+](=O)[O-])ccc1=O)[C@@H]1C[C@H]2CC[C@H]1C2. The molecule has 1 aromatic heterocycles. The third kappa shape index (κ3) is 3.28. The zero-order valence-electron chi connectivity index (χ0n) is 13.1. The van der Waals surface area contributed by atoms with Gasteiger partial charge in [-0.3, -0.25) is 24.3 Å². The van der Waals surface area contributed by atoms with Crippen LogP contribution in [0.3, 0.4) is 0 Å². The molecule has 1 heterocycles. The van der Waals surface area contributed by atoms with Crippen LogP contribution < -0.4 is 10.9 Å². The quantitative estimate of drug-likeness (QED) is 0.660. The Morgan fingerprint density at radius 1 is 1.43 bits per heavy atom. The lowest BCUT2D eigenvalue weighted by Gasteiger charge is -2.28. The maximum Gasteiger partial charge on any atom is 0.285 e. The third-order valence-corrected chi connectivity index (χ3v) is 5.32. The van der Waals surface area contributed by atoms with E-state index in [1.807, 2.05) is 6.92 Å². The maximum atomic E-state index is 12.2. The summed E-state index contributed by atoms with van der Waals surface area (Å²) in [6.45, 7) is 1.82. The van der Waals surface area contributed by atoms with E-state index in [1.54, 1.807) is 0 Å². The number of nitro groups is 1. The molecular formula is C16H21N3O4. The van der Waals surface area contributed by atoms with Crippen molar-refractivity contribution in [2.75, 3.05) is 0 Å². The number of pyridine rings is 1. The maximum absolute atomic E-state index is 12.2. The summed E-state index contributed by atoms with van der Waals surface area (Å²) in [7, 11) is 0. The van der Waals surface area contributed by atoms with Crippen molar-refractivity contribution in [1.82, 2.24) is 9.88 Å². The van der Waals surface area contributed by atoms with E-state index in [4.69, 9.17) is 0 Å². The monoisotopic (exact) mass is 319 g/mol. The van der Waals surface area contributed by atoms with E-state index in [2.05, 4.69) is 5.32 Å². The van der Waals surface area contributed by atoms with Gasteiger partial charge in [0.15, 0.2) is 0 Å². The highest BCUT2D eigenvalue weighted by Crippen LogP contribution is 2.49. The molecule has 0 aromatic carbocycles. The number of nitrogens with one attached hydrogen (secondary N) is 1. The van der Waals surface area contributed by atoms with Gasteiger partial charge < -0.3 is 5.32 Å². The summed E-state index contributed by atoms with van der Waals surface area (Å²) in [6.07, 6.45) is 6.12. The van der Waals surface area contributed by atoms with E-state index in [1.165, 1.54) is 25.7 Å². The second kappa shape index (κ2) is 6.14. The van der Waals surface area contributed by atoms with Crippen molar-refractivity contribution in [3.8, 4) is 0 Å². The van der Waals surface area contributed by atoms with Crippen molar-refractivity contribution in [1.29, 1.82) is 0 Å². The number of nitrogens with zero attached hydrogens (tertiary/aromatic N) is 2. The number of hydrogen-bond acceptors (Lipinski definition) is 4. The molecule has 3 rings (SSSR count). The van der Waals surface area contributed by atoms with E-state index < -0.39 is 10.5 Å². The van der Waals surface area contributed by atoms with Gasteiger partial charge in [0.1, 0.15) is 6.54 Å². The Bertz CT molecular complexity index is 684. The number of carbonyl (C=O) groups excluding carboxylic acids is 1. The van der Waals surface area contributed by atoms with Crippen molar-refractivity contribution in [2.24, 2.45) is 17.8 Å². The second-order valence-corrected chi connectivity index (χ2v) is 6.81. The minimum atomic E-state index is -0.578. The highest BCUT2D eigenvalue weighted by molar-refractivity contribution is 5.76. The fourth-order valence-electron chi connectivity index (χ4n) is 4.22. The first-order valence-corrected chi connectivity index (χ1v) is 8.08. The summed E-state index contributed by atoms with van der Waals surface area (Å²) in [5.41, 5.74) is -0.614. The van der Waals surface area contributed by atoms with Gasteiger partial charge in [-0.05, 0) is 43.9 Å². The summed E-state index contributed by atoms with van der Waals surface area (Å²) in [5, 5.41) is 13.7. The number of fused-ring (bicyclic) bond motifs is 2. The standard InChI is InChI=1S/C16H21N3O4/c1-10(14-7-11-2-3-12(14)6-11)17-15(20)9-18-8-13(19(22)23)4-5-16(18)21/h4-5,8,10-12,14H,2-3,6-7,9H2,1H3,(H,17,20)/t10-,11+,12+,14+/m1/s1. The second-order valence-electron chi connectivity index (χ2n) is 6.81. The average molecular weight is 319 g/mol. The first kappa shape index (κ1) is 15.7. The number of carbonyl (C=O) groups is 1. The normalized spacial score (nSPS) is 26.9. The number of aromatic nitrogens is 1. The summed E-state index contributed by atoms with van der Waals surface area (Å²) >= 11 is 0. The van der Waals surface area contributed by atoms with Gasteiger partial charge in [-0.25, -0.2) is 0 Å². The molecule has 1 aromatic rings. The van der Waals surface area contributed by atoms with Gasteiger partial charge in [0.05, 0.1) is 11.1 Å². The molecule has 2 saturated carbocycles. The highest BCUT2D eigenvalue weighted by atomic mass is 16.6. The molecule has 0 unspecified atom stereocenters. The Balaban J connectivity index is 1.62. The minimum absolute atomic E-state index is 0.0761. The topological polar surface area (TPSA) is 94.2 Å². The van der Waals surface area contributed by atoms with Crippen molar-refractivity contribution < 1.29 is 9.72 Å². The zero-order chi connectivity index (χ0) is 16.6. The van der Waals surface area contributed by atoms with Gasteiger partial charge in [-0.1, -0.05) is 6.42 Å². The molecule has 7 nitrogen and oxygen atoms in total. The lowest BCUT2D eigenvalue weighted by molar-refractivity contribution is -0.385. The minimum Gasteiger partial charge on any atom is -0.352 e. The molecule has 23 heavy (non-hydrogen) atoms. The van der Waals surface area contributed by atoms with Crippen LogP contribution in [0.4, 0.5) is 5.69 Å². The lowest BCUT2D eigenvalue weighted by atomic mass is 9.84. The molecule has 1 N–H and O–H groups in total. The van der Waals surface area contributed by atoms with Gasteiger partial charge in [0, 0.05) is 18.2 Å². The predicted octanol–water partition coefficient (Wildman–Crippen LogP) is 1.70. The lowest BCUT2D eigenvalue weighted by Crippen LogP contribution is -2.42. The first-order valence-electron chi connectivity index (χ1n) is 8.08. The smallest absolute Gasteiger partial charge is 0.285 e. The van der Waals surface area contributed by atoms with Gasteiger partial charge in [0.2, 0.25) is 5.91 Å². The van der Waals surface area contributed by atoms with Crippen LogP contribution in [0, 0.1) is 27.9 Å². The van der Waals surface area contributed by atoms with Crippen molar-refractivity contribution >= 4 is 11.6 Å². The Morgan fingerprint density at radius 3 is 2.83 bits per heavy atom. The molecule has 2 aliphatic carbocycles. The average Bonchev–Trinajstić information content (AvgIpc) is 3.12. The Hall–Kier alpha value is -2.18. The third-order valence-electron chi connectivity index (χ3n) is 5.32. The van der Waals surface area contributed by atoms with Crippen LogP contribution in [-0.2, 0) is 11.3 Å². The largest absolute Gasteiger partial charge is 0.352 e. The first-order chi connectivity index (χ1) is 10.9. The number of rotatable bonds is 5. The fraction of sp³-hybridized carbons (Fsp3) is 0.625. The van der Waals surface area contributed by atoms with Gasteiger partial charge in [0.25, 0.3) is 11.2 Å². The Morgan fingerprint density at radius 2 is 2.22 bits per heavy atom. The molecule has 0 aliphatic heterocycles. The van der Waals surface area contributed by atoms with Crippen LogP contribution in [-0.4, -0.2) is 21.4 Å². The fourth-order valence-corrected chi connectivity index (χ4v) is 4.22. The number of amides is 1. The number of hydrogen-bond donors (Lipinski definition) is 1. The van der Waals surface area contributed by atoms with Crippen LogP contribution in [0.25, 0.3) is 0 Å². The molecule has 0 saturated heterocycles. The summed E-state index contributed by atoms with van der Waals surface area (Å²) < 4.78 is 1.08. The van der Waals surface area contributed by atoms with Gasteiger partial charge in [-0.2, -0.15) is 0 Å². The van der Waals surface area contributed by atoms with Crippen molar-refractivity contribution in [3.05, 3.63) is 38.8 Å². The molecule has 4 atom stereocenters. The molecule has 0 radical (unpaired) electrons. The highest BCUT2D eigenvalue weighted by Gasteiger charge is 2.42. The van der Waals surface area contributed by atoms with Gasteiger partial charge in [-0.15, -0.1) is 0 Å². The van der Waals surface area contributed by atoms with E-state index >= 15 is 0 Å². The Labute approximate surface area is 133 Å². The van der Waals surface area contributed by atoms with E-state index in [-0.39, 0.29) is 24.2 Å². The molecule has 2 aliphatic rings. The van der Waals surface area contributed by atoms with Crippen molar-refractivity contribution in [3.63, 3.8) is 0 Å². The van der Waals surface area contributed by atoms with Crippen LogP contribution >= 0.6 is 0 Å². The van der Waals surface area contributed by atoms with Gasteiger partial charge >= 0.3 is 0 Å². The molecule has 2 fully saturated rings. The van der Waals surface area contributed by atoms with E-state index in [9.17, 15) is 19.7 Å². The van der Waals surface area contributed by atoms with Crippen molar-refractivity contribution in [2.45, 2.75) is 45.2 Å². The van der Waals surface area contributed by atoms with E-state index in [0.717, 1.165) is 28.8 Å². The molecular weight excluding hydrogens is 298 g/mol. The van der Waals surface area contributed by atoms with Crippen LogP contribution in [0.2, 0.25) is 0 Å². The van der Waals surface area contributed by atoms with Crippen LogP contribution in [0.5, 0.6) is 0 Å². The molecule has 7 heteroatoms. The molecule has 0 spiro atoms. The summed E-state index contributed by atoms with van der Waals surface area (Å²) in [5.74, 6) is 1.75. The molecule has 1 amide bonds. The predicted molar refractivity (Wildman–Crippen MR) is 83.9 cm³/mol. The zero-order valence-corrected chi connectivity index (χ0v) is 13.1. The summed E-state index contributed by atoms with van der Waals surface area (Å²) in [6, 6.07) is 2.34. The van der Waals surface area contributed by atoms with E-state index in [0.29, 0.717) is 11.8 Å². The molecule has 2 bridgehead atoms. The summed E-state index contributed by atoms with van der Waals surface area (Å²) in [4.78, 5) is 34.1. The van der Waals surface area contributed by atoms with Crippen LogP contribution in [0.1, 0.15) is 32.6 Å². The molecule has 124 valence electrons.